The summed E-state index contributed by atoms with van der Waals surface area (Å²) in [6, 6.07) is 61.8. The molecule has 0 saturated carbocycles. The van der Waals surface area contributed by atoms with E-state index in [9.17, 15) is 0 Å². The van der Waals surface area contributed by atoms with Crippen molar-refractivity contribution in [3.05, 3.63) is 192 Å². The Kier molecular flexibility index (Phi) is 5.84. The Morgan fingerprint density at radius 3 is 1.72 bits per heavy atom. The third-order valence-corrected chi connectivity index (χ3v) is 12.0. The lowest BCUT2D eigenvalue weighted by atomic mass is 9.65. The molecule has 11 rings (SSSR count). The summed E-state index contributed by atoms with van der Waals surface area (Å²) in [6.45, 7) is 0. The Morgan fingerprint density at radius 2 is 0.980 bits per heavy atom. The standard InChI is InChI=1S/C47H28N2S/c1-2-15-31(16-3-1)46-48-41-24-11-9-20-36(41)43(49-46)37-22-12-21-35-34-19-8-10-23-38(34)47(42(35)37)39-27-25-29-13-4-6-17-32(29)44(39)50-45-33-18-7-5-14-30(33)26-28-40(45)47/h1-28H. The quantitative estimate of drug-likeness (QED) is 0.186. The van der Waals surface area contributed by atoms with Gasteiger partial charge < -0.3 is 0 Å². The van der Waals surface area contributed by atoms with Gasteiger partial charge >= 0.3 is 0 Å². The van der Waals surface area contributed by atoms with Gasteiger partial charge in [0.15, 0.2) is 5.82 Å². The van der Waals surface area contributed by atoms with Crippen LogP contribution in [-0.2, 0) is 5.41 Å². The second-order valence-electron chi connectivity index (χ2n) is 13.2. The normalized spacial score (nSPS) is 13.7. The van der Waals surface area contributed by atoms with Gasteiger partial charge in [0.2, 0.25) is 0 Å². The molecule has 2 heterocycles. The molecule has 232 valence electrons. The zero-order chi connectivity index (χ0) is 32.8. The minimum Gasteiger partial charge on any atom is -0.228 e. The molecule has 0 saturated heterocycles. The van der Waals surface area contributed by atoms with Crippen molar-refractivity contribution in [2.24, 2.45) is 0 Å². The van der Waals surface area contributed by atoms with Crippen LogP contribution in [0, 0.1) is 0 Å². The van der Waals surface area contributed by atoms with Crippen molar-refractivity contribution in [3.63, 3.8) is 0 Å². The highest BCUT2D eigenvalue weighted by Crippen LogP contribution is 2.65. The summed E-state index contributed by atoms with van der Waals surface area (Å²) >= 11 is 1.93. The topological polar surface area (TPSA) is 25.8 Å². The van der Waals surface area contributed by atoms with Gasteiger partial charge in [-0.25, -0.2) is 9.97 Å². The maximum absolute atomic E-state index is 5.46. The molecule has 0 fully saturated rings. The maximum atomic E-state index is 5.46. The van der Waals surface area contributed by atoms with Crippen molar-refractivity contribution < 1.29 is 0 Å². The molecule has 9 aromatic rings. The van der Waals surface area contributed by atoms with Crippen LogP contribution in [0.2, 0.25) is 0 Å². The summed E-state index contributed by atoms with van der Waals surface area (Å²) in [5.74, 6) is 0.735. The third kappa shape index (κ3) is 3.70. The van der Waals surface area contributed by atoms with Gasteiger partial charge in [-0.1, -0.05) is 176 Å². The molecular weight excluding hydrogens is 625 g/mol. The minimum atomic E-state index is -0.578. The van der Waals surface area contributed by atoms with Gasteiger partial charge in [0.25, 0.3) is 0 Å². The van der Waals surface area contributed by atoms with E-state index >= 15 is 0 Å². The van der Waals surface area contributed by atoms with Gasteiger partial charge in [-0.3, -0.25) is 0 Å². The van der Waals surface area contributed by atoms with Gasteiger partial charge in [0, 0.05) is 26.3 Å². The molecule has 8 aromatic carbocycles. The first kappa shape index (κ1) is 27.9. The molecule has 1 aliphatic heterocycles. The summed E-state index contributed by atoms with van der Waals surface area (Å²) in [6.07, 6.45) is 0. The van der Waals surface area contributed by atoms with E-state index in [1.54, 1.807) is 0 Å². The predicted molar refractivity (Wildman–Crippen MR) is 207 cm³/mol. The van der Waals surface area contributed by atoms with E-state index in [1.165, 1.54) is 64.7 Å². The van der Waals surface area contributed by atoms with Crippen LogP contribution in [0.1, 0.15) is 22.3 Å². The van der Waals surface area contributed by atoms with Crippen molar-refractivity contribution in [2.75, 3.05) is 0 Å². The molecule has 0 atom stereocenters. The van der Waals surface area contributed by atoms with Crippen LogP contribution < -0.4 is 0 Å². The Hall–Kier alpha value is -6.03. The third-order valence-electron chi connectivity index (χ3n) is 10.7. The van der Waals surface area contributed by atoms with Crippen LogP contribution in [0.15, 0.2) is 180 Å². The van der Waals surface area contributed by atoms with E-state index in [1.807, 2.05) is 17.8 Å². The fraction of sp³-hybridized carbons (Fsp3) is 0.0213. The first-order valence-electron chi connectivity index (χ1n) is 17.1. The fourth-order valence-corrected chi connectivity index (χ4v) is 10.1. The lowest BCUT2D eigenvalue weighted by Crippen LogP contribution is -2.32. The summed E-state index contributed by atoms with van der Waals surface area (Å²) in [7, 11) is 0. The molecule has 0 amide bonds. The van der Waals surface area contributed by atoms with E-state index in [4.69, 9.17) is 9.97 Å². The second-order valence-corrected chi connectivity index (χ2v) is 14.3. The van der Waals surface area contributed by atoms with E-state index in [0.717, 1.165) is 33.5 Å². The molecule has 50 heavy (non-hydrogen) atoms. The number of benzene rings is 8. The van der Waals surface area contributed by atoms with E-state index in [0.29, 0.717) is 0 Å². The molecule has 0 N–H and O–H groups in total. The van der Waals surface area contributed by atoms with Crippen molar-refractivity contribution in [3.8, 4) is 33.8 Å². The molecule has 1 aliphatic carbocycles. The number of hydrogen-bond donors (Lipinski definition) is 0. The summed E-state index contributed by atoms with van der Waals surface area (Å²) in [5.41, 5.74) is 11.3. The summed E-state index contributed by atoms with van der Waals surface area (Å²) in [5, 5.41) is 6.14. The Labute approximate surface area is 294 Å². The monoisotopic (exact) mass is 652 g/mol. The molecule has 0 bridgehead atoms. The molecular formula is C47H28N2S. The van der Waals surface area contributed by atoms with Crippen LogP contribution in [0.4, 0.5) is 0 Å². The van der Waals surface area contributed by atoms with Gasteiger partial charge in [0.1, 0.15) is 0 Å². The molecule has 2 nitrogen and oxygen atoms in total. The van der Waals surface area contributed by atoms with Gasteiger partial charge in [0.05, 0.1) is 16.6 Å². The van der Waals surface area contributed by atoms with Crippen molar-refractivity contribution in [2.45, 2.75) is 15.2 Å². The SMILES string of the molecule is c1ccc(-c2nc(-c3cccc4c3C3(c5ccccc5-4)c4ccc5ccccc5c4Sc4c3ccc3ccccc43)c3ccccc3n2)cc1. The van der Waals surface area contributed by atoms with Crippen LogP contribution in [0.25, 0.3) is 66.2 Å². The van der Waals surface area contributed by atoms with Crippen LogP contribution in [0.3, 0.4) is 0 Å². The first-order valence-corrected chi connectivity index (χ1v) is 17.9. The molecule has 2 aliphatic rings. The number of para-hydroxylation sites is 1. The number of rotatable bonds is 2. The highest BCUT2D eigenvalue weighted by molar-refractivity contribution is 8.00. The van der Waals surface area contributed by atoms with E-state index < -0.39 is 5.41 Å². The smallest absolute Gasteiger partial charge is 0.160 e. The minimum absolute atomic E-state index is 0.578. The second kappa shape index (κ2) is 10.5. The lowest BCUT2D eigenvalue weighted by Gasteiger charge is -2.41. The Balaban J connectivity index is 1.34. The van der Waals surface area contributed by atoms with Crippen molar-refractivity contribution in [1.82, 2.24) is 9.97 Å². The lowest BCUT2D eigenvalue weighted by molar-refractivity contribution is 0.730. The zero-order valence-corrected chi connectivity index (χ0v) is 27.8. The van der Waals surface area contributed by atoms with Gasteiger partial charge in [-0.05, 0) is 61.0 Å². The number of nitrogens with zero attached hydrogens (tertiary/aromatic N) is 2. The molecule has 0 radical (unpaired) electrons. The Bertz CT molecular complexity index is 2770. The molecule has 1 spiro atoms. The number of fused-ring (bicyclic) bond motifs is 14. The van der Waals surface area contributed by atoms with Crippen LogP contribution in [0.5, 0.6) is 0 Å². The van der Waals surface area contributed by atoms with Crippen LogP contribution in [-0.4, -0.2) is 9.97 Å². The fourth-order valence-electron chi connectivity index (χ4n) is 8.66. The van der Waals surface area contributed by atoms with Gasteiger partial charge in [-0.2, -0.15) is 0 Å². The number of aromatic nitrogens is 2. The average molecular weight is 653 g/mol. The largest absolute Gasteiger partial charge is 0.228 e. The van der Waals surface area contributed by atoms with E-state index in [-0.39, 0.29) is 0 Å². The van der Waals surface area contributed by atoms with Crippen LogP contribution >= 0.6 is 11.8 Å². The highest BCUT2D eigenvalue weighted by atomic mass is 32.2. The van der Waals surface area contributed by atoms with Crippen molar-refractivity contribution in [1.29, 1.82) is 0 Å². The summed E-state index contributed by atoms with van der Waals surface area (Å²) in [4.78, 5) is 13.2. The number of hydrogen-bond acceptors (Lipinski definition) is 3. The predicted octanol–water partition coefficient (Wildman–Crippen LogP) is 12.1. The highest BCUT2D eigenvalue weighted by Gasteiger charge is 2.52. The molecule has 1 aromatic heterocycles. The van der Waals surface area contributed by atoms with Crippen molar-refractivity contribution >= 4 is 44.2 Å². The first-order chi connectivity index (χ1) is 24.8. The summed E-state index contributed by atoms with van der Waals surface area (Å²) < 4.78 is 0. The molecule has 0 unspecified atom stereocenters. The average Bonchev–Trinajstić information content (AvgIpc) is 3.48. The van der Waals surface area contributed by atoms with Gasteiger partial charge in [-0.15, -0.1) is 0 Å². The van der Waals surface area contributed by atoms with E-state index in [2.05, 4.69) is 164 Å². The zero-order valence-electron chi connectivity index (χ0n) is 27.0. The Morgan fingerprint density at radius 1 is 0.400 bits per heavy atom. The molecule has 3 heteroatoms. The maximum Gasteiger partial charge on any atom is 0.160 e.